The maximum absolute atomic E-state index is 12.3. The lowest BCUT2D eigenvalue weighted by Gasteiger charge is -2.28. The van der Waals surface area contributed by atoms with Crippen molar-refractivity contribution in [3.63, 3.8) is 0 Å². The average Bonchev–Trinajstić information content (AvgIpc) is 2.35. The molecule has 0 fully saturated rings. The summed E-state index contributed by atoms with van der Waals surface area (Å²) in [5.41, 5.74) is 0.232. The van der Waals surface area contributed by atoms with Gasteiger partial charge in [0.1, 0.15) is 0 Å². The van der Waals surface area contributed by atoms with Crippen molar-refractivity contribution in [3.8, 4) is 0 Å². The molecule has 20 heavy (non-hydrogen) atoms. The number of nitrogens with one attached hydrogen (secondary N) is 1. The summed E-state index contributed by atoms with van der Waals surface area (Å²) >= 11 is 0. The highest BCUT2D eigenvalue weighted by Gasteiger charge is 2.24. The highest BCUT2D eigenvalue weighted by Crippen LogP contribution is 2.18. The Balaban J connectivity index is 2.86. The molecule has 0 saturated carbocycles. The molecule has 114 valence electrons. The number of aliphatic hydroxyl groups excluding tert-OH is 1. The van der Waals surface area contributed by atoms with Gasteiger partial charge in [-0.1, -0.05) is 32.0 Å². The Labute approximate surface area is 121 Å². The molecule has 0 aliphatic carbocycles. The normalized spacial score (nSPS) is 12.9. The molecule has 1 aromatic carbocycles. The van der Waals surface area contributed by atoms with E-state index in [-0.39, 0.29) is 16.9 Å². The van der Waals surface area contributed by atoms with Crippen LogP contribution in [0.2, 0.25) is 0 Å². The molecule has 2 N–H and O–H groups in total. The van der Waals surface area contributed by atoms with Crippen molar-refractivity contribution in [1.29, 1.82) is 0 Å². The third-order valence-electron chi connectivity index (χ3n) is 2.92. The summed E-state index contributed by atoms with van der Waals surface area (Å²) in [5.74, 6) is 0. The lowest BCUT2D eigenvalue weighted by atomic mass is 9.93. The van der Waals surface area contributed by atoms with Gasteiger partial charge in [0.05, 0.1) is 11.5 Å². The van der Waals surface area contributed by atoms with Gasteiger partial charge in [0, 0.05) is 13.1 Å². The van der Waals surface area contributed by atoms with Crippen LogP contribution < -0.4 is 4.72 Å². The van der Waals surface area contributed by atoms with Crippen molar-refractivity contribution in [3.05, 3.63) is 29.8 Å². The molecule has 0 aromatic heterocycles. The summed E-state index contributed by atoms with van der Waals surface area (Å²) in [7, 11) is 0.311. The molecule has 0 aliphatic heterocycles. The zero-order valence-corrected chi connectivity index (χ0v) is 13.4. The van der Waals surface area contributed by atoms with E-state index >= 15 is 0 Å². The molecule has 0 amide bonds. The Bertz CT molecular complexity index is 539. The van der Waals surface area contributed by atoms with Crippen LogP contribution in [0.3, 0.4) is 0 Å². The largest absolute Gasteiger partial charge is 0.392 e. The number of nitrogens with zero attached hydrogens (tertiary/aromatic N) is 1. The van der Waals surface area contributed by atoms with Gasteiger partial charge in [0.2, 0.25) is 10.0 Å². The van der Waals surface area contributed by atoms with Gasteiger partial charge in [-0.15, -0.1) is 0 Å². The van der Waals surface area contributed by atoms with Gasteiger partial charge in [0.25, 0.3) is 0 Å². The van der Waals surface area contributed by atoms with Crippen LogP contribution in [0.4, 0.5) is 0 Å². The monoisotopic (exact) mass is 300 g/mol. The Morgan fingerprint density at radius 3 is 2.40 bits per heavy atom. The van der Waals surface area contributed by atoms with Gasteiger partial charge in [-0.05, 0) is 31.1 Å². The van der Waals surface area contributed by atoms with Crippen LogP contribution in [-0.4, -0.2) is 45.6 Å². The summed E-state index contributed by atoms with van der Waals surface area (Å²) in [6, 6.07) is 6.48. The summed E-state index contributed by atoms with van der Waals surface area (Å²) in [6.45, 7) is 4.84. The molecule has 0 unspecified atom stereocenters. The van der Waals surface area contributed by atoms with E-state index in [1.165, 1.54) is 6.07 Å². The maximum Gasteiger partial charge on any atom is 0.240 e. The lowest BCUT2D eigenvalue weighted by molar-refractivity contribution is 0.242. The van der Waals surface area contributed by atoms with Crippen molar-refractivity contribution >= 4 is 10.0 Å². The second kappa shape index (κ2) is 6.67. The molecule has 0 bridgehead atoms. The molecule has 0 atom stereocenters. The van der Waals surface area contributed by atoms with Crippen LogP contribution in [0.15, 0.2) is 29.2 Å². The van der Waals surface area contributed by atoms with Gasteiger partial charge in [-0.25, -0.2) is 13.1 Å². The topological polar surface area (TPSA) is 69.6 Å². The molecule has 0 heterocycles. The van der Waals surface area contributed by atoms with Gasteiger partial charge >= 0.3 is 0 Å². The standard InChI is InChI=1S/C14H24N2O3S/c1-14(2,11-16(3)4)10-15-20(18,19)13-8-6-5-7-12(13)9-17/h5-8,15,17H,9-11H2,1-4H3. The first-order valence-electron chi connectivity index (χ1n) is 6.51. The number of hydrogen-bond donors (Lipinski definition) is 2. The number of benzene rings is 1. The van der Waals surface area contributed by atoms with Crippen molar-refractivity contribution in [2.45, 2.75) is 25.3 Å². The number of rotatable bonds is 7. The SMILES string of the molecule is CN(C)CC(C)(C)CNS(=O)(=O)c1ccccc1CO. The second-order valence-electron chi connectivity index (χ2n) is 5.99. The first kappa shape index (κ1) is 17.1. The molecule has 6 heteroatoms. The van der Waals surface area contributed by atoms with Crippen LogP contribution in [0, 0.1) is 5.41 Å². The third kappa shape index (κ3) is 4.86. The highest BCUT2D eigenvalue weighted by molar-refractivity contribution is 7.89. The molecule has 0 radical (unpaired) electrons. The Morgan fingerprint density at radius 1 is 1.25 bits per heavy atom. The van der Waals surface area contributed by atoms with Gasteiger partial charge in [0.15, 0.2) is 0 Å². The number of sulfonamides is 1. The zero-order chi connectivity index (χ0) is 15.4. The number of hydrogen-bond acceptors (Lipinski definition) is 4. The van der Waals surface area contributed by atoms with E-state index in [4.69, 9.17) is 0 Å². The molecule has 0 spiro atoms. The minimum atomic E-state index is -3.60. The van der Waals surface area contributed by atoms with Crippen molar-refractivity contribution < 1.29 is 13.5 Å². The molecular weight excluding hydrogens is 276 g/mol. The van der Waals surface area contributed by atoms with E-state index in [0.29, 0.717) is 12.1 Å². The van der Waals surface area contributed by atoms with Gasteiger partial charge in [-0.2, -0.15) is 0 Å². The predicted molar refractivity (Wildman–Crippen MR) is 79.9 cm³/mol. The molecule has 0 aliphatic rings. The fourth-order valence-electron chi connectivity index (χ4n) is 2.18. The van der Waals surface area contributed by atoms with E-state index in [2.05, 4.69) is 4.72 Å². The zero-order valence-electron chi connectivity index (χ0n) is 12.5. The van der Waals surface area contributed by atoms with Crippen molar-refractivity contribution in [2.75, 3.05) is 27.2 Å². The van der Waals surface area contributed by atoms with Crippen LogP contribution in [0.25, 0.3) is 0 Å². The second-order valence-corrected chi connectivity index (χ2v) is 7.73. The van der Waals surface area contributed by atoms with Crippen LogP contribution in [0.5, 0.6) is 0 Å². The molecule has 1 aromatic rings. The fraction of sp³-hybridized carbons (Fsp3) is 0.571. The average molecular weight is 300 g/mol. The Kier molecular flexibility index (Phi) is 5.70. The minimum absolute atomic E-state index is 0.142. The summed E-state index contributed by atoms with van der Waals surface area (Å²) in [5, 5.41) is 9.23. The first-order valence-corrected chi connectivity index (χ1v) is 7.99. The maximum atomic E-state index is 12.3. The van der Waals surface area contributed by atoms with Crippen LogP contribution in [-0.2, 0) is 16.6 Å². The van der Waals surface area contributed by atoms with E-state index in [9.17, 15) is 13.5 Å². The first-order chi connectivity index (χ1) is 9.18. The Morgan fingerprint density at radius 2 is 1.85 bits per heavy atom. The van der Waals surface area contributed by atoms with Crippen molar-refractivity contribution in [1.82, 2.24) is 9.62 Å². The van der Waals surface area contributed by atoms with E-state index in [1.807, 2.05) is 32.8 Å². The van der Waals surface area contributed by atoms with Crippen molar-refractivity contribution in [2.24, 2.45) is 5.41 Å². The van der Waals surface area contributed by atoms with E-state index in [0.717, 1.165) is 6.54 Å². The van der Waals surface area contributed by atoms with Gasteiger partial charge in [-0.3, -0.25) is 0 Å². The summed E-state index contributed by atoms with van der Waals surface area (Å²) in [4.78, 5) is 2.17. The third-order valence-corrected chi connectivity index (χ3v) is 4.42. The molecular formula is C14H24N2O3S. The highest BCUT2D eigenvalue weighted by atomic mass is 32.2. The minimum Gasteiger partial charge on any atom is -0.392 e. The number of aliphatic hydroxyl groups is 1. The molecule has 0 saturated heterocycles. The molecule has 5 nitrogen and oxygen atoms in total. The van der Waals surface area contributed by atoms with Crippen LogP contribution in [0.1, 0.15) is 19.4 Å². The van der Waals surface area contributed by atoms with E-state index in [1.54, 1.807) is 18.2 Å². The van der Waals surface area contributed by atoms with E-state index < -0.39 is 10.0 Å². The predicted octanol–water partition coefficient (Wildman–Crippen LogP) is 1.04. The Hall–Kier alpha value is -0.950. The fourth-order valence-corrected chi connectivity index (χ4v) is 3.65. The smallest absolute Gasteiger partial charge is 0.240 e. The quantitative estimate of drug-likeness (QED) is 0.789. The van der Waals surface area contributed by atoms with Gasteiger partial charge < -0.3 is 10.0 Å². The summed E-state index contributed by atoms with van der Waals surface area (Å²) < 4.78 is 27.2. The lowest BCUT2D eigenvalue weighted by Crippen LogP contribution is -2.40. The molecule has 1 rings (SSSR count). The van der Waals surface area contributed by atoms with Crippen LogP contribution >= 0.6 is 0 Å². The summed E-state index contributed by atoms with van der Waals surface area (Å²) in [6.07, 6.45) is 0.